The van der Waals surface area contributed by atoms with E-state index >= 15 is 0 Å². The van der Waals surface area contributed by atoms with Gasteiger partial charge in [-0.15, -0.1) is 0 Å². The Kier molecular flexibility index (Phi) is 6.31. The third-order valence-corrected chi connectivity index (χ3v) is 6.29. The van der Waals surface area contributed by atoms with E-state index in [4.69, 9.17) is 4.74 Å². The van der Waals surface area contributed by atoms with E-state index in [0.29, 0.717) is 5.69 Å². The van der Waals surface area contributed by atoms with E-state index < -0.39 is 21.7 Å². The molecule has 1 aliphatic rings. The first kappa shape index (κ1) is 20.3. The Labute approximate surface area is 164 Å². The largest absolute Gasteiger partial charge is 0.495 e. The van der Waals surface area contributed by atoms with Crippen molar-refractivity contribution in [3.8, 4) is 5.75 Å². The fourth-order valence-electron chi connectivity index (χ4n) is 3.27. The van der Waals surface area contributed by atoms with E-state index in [-0.39, 0.29) is 22.3 Å². The first-order chi connectivity index (χ1) is 13.4. The molecule has 3 rings (SSSR count). The Morgan fingerprint density at radius 1 is 1.07 bits per heavy atom. The number of hydrogen-bond donors (Lipinski definition) is 2. The number of hydrogen-bond acceptors (Lipinski definition) is 4. The summed E-state index contributed by atoms with van der Waals surface area (Å²) in [5, 5.41) is 2.62. The van der Waals surface area contributed by atoms with Gasteiger partial charge in [0.2, 0.25) is 10.0 Å². The lowest BCUT2D eigenvalue weighted by molar-refractivity contribution is 0.102. The van der Waals surface area contributed by atoms with Gasteiger partial charge in [0.15, 0.2) is 0 Å². The number of anilines is 1. The van der Waals surface area contributed by atoms with Crippen molar-refractivity contribution in [2.45, 2.75) is 43.0 Å². The van der Waals surface area contributed by atoms with Gasteiger partial charge in [-0.25, -0.2) is 17.5 Å². The summed E-state index contributed by atoms with van der Waals surface area (Å²) in [6, 6.07) is 9.44. The number of carbonyl (C=O) groups is 1. The van der Waals surface area contributed by atoms with Crippen LogP contribution in [0.3, 0.4) is 0 Å². The van der Waals surface area contributed by atoms with Crippen LogP contribution in [0.2, 0.25) is 0 Å². The molecule has 2 aromatic rings. The second-order valence-corrected chi connectivity index (χ2v) is 8.47. The molecule has 0 spiro atoms. The van der Waals surface area contributed by atoms with Crippen molar-refractivity contribution in [3.05, 3.63) is 53.8 Å². The van der Waals surface area contributed by atoms with Gasteiger partial charge >= 0.3 is 0 Å². The first-order valence-corrected chi connectivity index (χ1v) is 10.6. The van der Waals surface area contributed by atoms with E-state index in [1.54, 1.807) is 0 Å². The second-order valence-electron chi connectivity index (χ2n) is 6.78. The van der Waals surface area contributed by atoms with E-state index in [1.807, 2.05) is 0 Å². The lowest BCUT2D eigenvalue weighted by Crippen LogP contribution is -2.36. The van der Waals surface area contributed by atoms with Crippen LogP contribution in [0, 0.1) is 5.82 Å². The Bertz CT molecular complexity index is 939. The predicted molar refractivity (Wildman–Crippen MR) is 105 cm³/mol. The lowest BCUT2D eigenvalue weighted by atomic mass is 9.96. The van der Waals surface area contributed by atoms with Gasteiger partial charge in [0.1, 0.15) is 16.5 Å². The number of methoxy groups -OCH3 is 1. The van der Waals surface area contributed by atoms with Crippen LogP contribution in [-0.2, 0) is 10.0 Å². The molecule has 2 N–H and O–H groups in total. The predicted octanol–water partition coefficient (Wildman–Crippen LogP) is 3.70. The van der Waals surface area contributed by atoms with Crippen LogP contribution in [0.25, 0.3) is 0 Å². The average molecular weight is 406 g/mol. The lowest BCUT2D eigenvalue weighted by Gasteiger charge is -2.23. The zero-order valence-electron chi connectivity index (χ0n) is 15.6. The van der Waals surface area contributed by atoms with Crippen LogP contribution in [0.1, 0.15) is 42.5 Å². The summed E-state index contributed by atoms with van der Waals surface area (Å²) in [4.78, 5) is 12.4. The molecule has 1 aliphatic carbocycles. The fourth-order valence-corrected chi connectivity index (χ4v) is 4.77. The van der Waals surface area contributed by atoms with Gasteiger partial charge in [-0.1, -0.05) is 19.3 Å². The second kappa shape index (κ2) is 8.70. The molecule has 0 radical (unpaired) electrons. The van der Waals surface area contributed by atoms with Crippen molar-refractivity contribution in [2.75, 3.05) is 12.4 Å². The highest BCUT2D eigenvalue weighted by molar-refractivity contribution is 7.89. The highest BCUT2D eigenvalue weighted by Crippen LogP contribution is 2.27. The monoisotopic (exact) mass is 406 g/mol. The maximum absolute atomic E-state index is 13.0. The minimum Gasteiger partial charge on any atom is -0.495 e. The fraction of sp³-hybridized carbons (Fsp3) is 0.350. The molecule has 1 fully saturated rings. The number of sulfonamides is 1. The number of carbonyl (C=O) groups excluding carboxylic acids is 1. The van der Waals surface area contributed by atoms with Crippen molar-refractivity contribution in [1.29, 1.82) is 0 Å². The van der Waals surface area contributed by atoms with Gasteiger partial charge in [-0.05, 0) is 55.3 Å². The Balaban J connectivity index is 1.84. The standard InChI is InChI=1S/C20H23FN2O4S/c1-27-18-12-7-14(20(24)22-16-10-8-15(21)9-11-16)13-19(18)28(25,26)23-17-5-3-2-4-6-17/h7-13,17,23H,2-6H2,1H3,(H,22,24). The molecule has 150 valence electrons. The van der Waals surface area contributed by atoms with Gasteiger partial charge in [0.05, 0.1) is 7.11 Å². The van der Waals surface area contributed by atoms with Crippen molar-refractivity contribution >= 4 is 21.6 Å². The zero-order valence-corrected chi connectivity index (χ0v) is 16.4. The Hall–Kier alpha value is -2.45. The summed E-state index contributed by atoms with van der Waals surface area (Å²) in [5.74, 6) is -0.741. The molecule has 0 aliphatic heterocycles. The van der Waals surface area contributed by atoms with Crippen molar-refractivity contribution < 1.29 is 22.3 Å². The first-order valence-electron chi connectivity index (χ1n) is 9.16. The summed E-state index contributed by atoms with van der Waals surface area (Å²) in [6.45, 7) is 0. The molecule has 28 heavy (non-hydrogen) atoms. The van der Waals surface area contributed by atoms with Gasteiger partial charge < -0.3 is 10.1 Å². The van der Waals surface area contributed by atoms with Crippen molar-refractivity contribution in [1.82, 2.24) is 4.72 Å². The molecule has 0 atom stereocenters. The molecule has 2 aromatic carbocycles. The van der Waals surface area contributed by atoms with Crippen LogP contribution in [-0.4, -0.2) is 27.5 Å². The minimum atomic E-state index is -3.84. The van der Waals surface area contributed by atoms with Crippen LogP contribution < -0.4 is 14.8 Å². The molecule has 8 heteroatoms. The van der Waals surface area contributed by atoms with Crippen molar-refractivity contribution in [3.63, 3.8) is 0 Å². The molecule has 0 aromatic heterocycles. The van der Waals surface area contributed by atoms with Gasteiger partial charge in [-0.3, -0.25) is 4.79 Å². The highest BCUT2D eigenvalue weighted by Gasteiger charge is 2.26. The Morgan fingerprint density at radius 3 is 2.39 bits per heavy atom. The van der Waals surface area contributed by atoms with Gasteiger partial charge in [0.25, 0.3) is 5.91 Å². The van der Waals surface area contributed by atoms with E-state index in [1.165, 1.54) is 49.6 Å². The van der Waals surface area contributed by atoms with E-state index in [9.17, 15) is 17.6 Å². The number of nitrogens with one attached hydrogen (secondary N) is 2. The van der Waals surface area contributed by atoms with Crippen molar-refractivity contribution in [2.24, 2.45) is 0 Å². The normalized spacial score (nSPS) is 15.2. The molecule has 1 saturated carbocycles. The zero-order chi connectivity index (χ0) is 20.1. The molecular weight excluding hydrogens is 383 g/mol. The number of benzene rings is 2. The van der Waals surface area contributed by atoms with Crippen LogP contribution in [0.5, 0.6) is 5.75 Å². The number of amides is 1. The maximum atomic E-state index is 13.0. The topological polar surface area (TPSA) is 84.5 Å². The molecule has 0 heterocycles. The summed E-state index contributed by atoms with van der Waals surface area (Å²) < 4.78 is 46.7. The molecule has 0 bridgehead atoms. The molecule has 0 saturated heterocycles. The number of halogens is 1. The van der Waals surface area contributed by atoms with Crippen LogP contribution in [0.15, 0.2) is 47.4 Å². The minimum absolute atomic E-state index is 0.0765. The quantitative estimate of drug-likeness (QED) is 0.766. The number of ether oxygens (including phenoxy) is 1. The maximum Gasteiger partial charge on any atom is 0.255 e. The van der Waals surface area contributed by atoms with E-state index in [0.717, 1.165) is 32.1 Å². The summed E-state index contributed by atoms with van der Waals surface area (Å²) in [7, 11) is -2.46. The highest BCUT2D eigenvalue weighted by atomic mass is 32.2. The van der Waals surface area contributed by atoms with Gasteiger partial charge in [-0.2, -0.15) is 0 Å². The molecular formula is C20H23FN2O4S. The summed E-state index contributed by atoms with van der Waals surface area (Å²) >= 11 is 0. The van der Waals surface area contributed by atoms with Crippen LogP contribution >= 0.6 is 0 Å². The third kappa shape index (κ3) is 4.88. The number of rotatable bonds is 6. The smallest absolute Gasteiger partial charge is 0.255 e. The summed E-state index contributed by atoms with van der Waals surface area (Å²) in [5.41, 5.74) is 0.570. The summed E-state index contributed by atoms with van der Waals surface area (Å²) in [6.07, 6.45) is 4.69. The third-order valence-electron chi connectivity index (χ3n) is 4.74. The Morgan fingerprint density at radius 2 is 1.75 bits per heavy atom. The molecule has 1 amide bonds. The molecule has 6 nitrogen and oxygen atoms in total. The van der Waals surface area contributed by atoms with Gasteiger partial charge in [0, 0.05) is 17.3 Å². The average Bonchev–Trinajstić information content (AvgIpc) is 2.69. The van der Waals surface area contributed by atoms with E-state index in [2.05, 4.69) is 10.0 Å². The molecule has 0 unspecified atom stereocenters. The SMILES string of the molecule is COc1ccc(C(=O)Nc2ccc(F)cc2)cc1S(=O)(=O)NC1CCCCC1. The van der Waals surface area contributed by atoms with Crippen LogP contribution in [0.4, 0.5) is 10.1 Å².